The van der Waals surface area contributed by atoms with Crippen molar-refractivity contribution < 1.29 is 9.53 Å². The predicted molar refractivity (Wildman–Crippen MR) is 61.9 cm³/mol. The number of fused-ring (bicyclic) bond motifs is 3. The number of ether oxygens (including phenoxy) is 1. The molecule has 0 unspecified atom stereocenters. The number of hydrogen-bond donors (Lipinski definition) is 0. The number of thiazole rings is 1. The normalized spacial score (nSPS) is 11.1. The number of para-hydroxylation sites is 1. The lowest BCUT2D eigenvalue weighted by Gasteiger charge is -1.91. The molecule has 0 saturated heterocycles. The fourth-order valence-corrected chi connectivity index (χ4v) is 2.79. The molecule has 0 aliphatic carbocycles. The molecule has 0 N–H and O–H groups in total. The minimum absolute atomic E-state index is 0.378. The molecule has 0 bridgehead atoms. The summed E-state index contributed by atoms with van der Waals surface area (Å²) < 4.78 is 7.73. The van der Waals surface area contributed by atoms with Gasteiger partial charge in [0.15, 0.2) is 5.69 Å². The zero-order chi connectivity index (χ0) is 11.1. The summed E-state index contributed by atoms with van der Waals surface area (Å²) in [5.41, 5.74) is 1.44. The maximum atomic E-state index is 11.5. The van der Waals surface area contributed by atoms with Crippen LogP contribution in [0, 0.1) is 0 Å². The van der Waals surface area contributed by atoms with Crippen molar-refractivity contribution in [2.24, 2.45) is 0 Å². The van der Waals surface area contributed by atoms with Crippen molar-refractivity contribution in [3.63, 3.8) is 0 Å². The molecule has 5 heteroatoms. The van der Waals surface area contributed by atoms with E-state index in [9.17, 15) is 4.79 Å². The Morgan fingerprint density at radius 2 is 2.25 bits per heavy atom. The van der Waals surface area contributed by atoms with Gasteiger partial charge in [0, 0.05) is 0 Å². The van der Waals surface area contributed by atoms with Gasteiger partial charge < -0.3 is 4.74 Å². The van der Waals surface area contributed by atoms with Crippen LogP contribution in [0.3, 0.4) is 0 Å². The van der Waals surface area contributed by atoms with E-state index in [-0.39, 0.29) is 0 Å². The third-order valence-corrected chi connectivity index (χ3v) is 3.58. The third-order valence-electron chi connectivity index (χ3n) is 2.43. The SMILES string of the molecule is COC(=O)c1ncn2c1sc1ccccc12. The van der Waals surface area contributed by atoms with Gasteiger partial charge in [-0.2, -0.15) is 0 Å². The molecular weight excluding hydrogens is 224 g/mol. The molecular formula is C11H8N2O2S. The Morgan fingerprint density at radius 1 is 1.44 bits per heavy atom. The summed E-state index contributed by atoms with van der Waals surface area (Å²) in [5.74, 6) is -0.394. The Hall–Kier alpha value is -1.88. The molecule has 4 nitrogen and oxygen atoms in total. The van der Waals surface area contributed by atoms with E-state index in [2.05, 4.69) is 4.98 Å². The molecule has 2 aromatic heterocycles. The van der Waals surface area contributed by atoms with Crippen LogP contribution >= 0.6 is 11.3 Å². The Balaban J connectivity index is 2.38. The molecule has 0 amide bonds. The monoisotopic (exact) mass is 232 g/mol. The van der Waals surface area contributed by atoms with Gasteiger partial charge in [0.05, 0.1) is 17.3 Å². The molecule has 16 heavy (non-hydrogen) atoms. The van der Waals surface area contributed by atoms with E-state index < -0.39 is 5.97 Å². The number of rotatable bonds is 1. The first-order valence-electron chi connectivity index (χ1n) is 4.74. The Labute approximate surface area is 95.1 Å². The zero-order valence-electron chi connectivity index (χ0n) is 8.51. The highest BCUT2D eigenvalue weighted by Gasteiger charge is 2.16. The lowest BCUT2D eigenvalue weighted by molar-refractivity contribution is 0.0597. The second kappa shape index (κ2) is 3.31. The molecule has 1 aromatic carbocycles. The first-order valence-corrected chi connectivity index (χ1v) is 5.56. The van der Waals surface area contributed by atoms with Gasteiger partial charge in [-0.15, -0.1) is 11.3 Å². The number of carbonyl (C=O) groups excluding carboxylic acids is 1. The second-order valence-electron chi connectivity index (χ2n) is 3.33. The van der Waals surface area contributed by atoms with Crippen molar-refractivity contribution in [3.05, 3.63) is 36.3 Å². The second-order valence-corrected chi connectivity index (χ2v) is 4.36. The van der Waals surface area contributed by atoms with Gasteiger partial charge in [0.2, 0.25) is 0 Å². The Kier molecular flexibility index (Phi) is 1.94. The summed E-state index contributed by atoms with van der Waals surface area (Å²) in [6, 6.07) is 7.96. The highest BCUT2D eigenvalue weighted by Crippen LogP contribution is 2.28. The van der Waals surface area contributed by atoms with Gasteiger partial charge in [0.25, 0.3) is 0 Å². The minimum Gasteiger partial charge on any atom is -0.464 e. The molecule has 0 spiro atoms. The molecule has 2 heterocycles. The predicted octanol–water partition coefficient (Wildman–Crippen LogP) is 2.34. The fourth-order valence-electron chi connectivity index (χ4n) is 1.69. The van der Waals surface area contributed by atoms with E-state index in [4.69, 9.17) is 4.74 Å². The van der Waals surface area contributed by atoms with Crippen molar-refractivity contribution in [3.8, 4) is 0 Å². The van der Waals surface area contributed by atoms with Gasteiger partial charge in [-0.1, -0.05) is 12.1 Å². The van der Waals surface area contributed by atoms with Crippen molar-refractivity contribution in [1.82, 2.24) is 9.38 Å². The topological polar surface area (TPSA) is 43.6 Å². The van der Waals surface area contributed by atoms with Crippen LogP contribution in [0.1, 0.15) is 10.5 Å². The van der Waals surface area contributed by atoms with Crippen LogP contribution in [0.25, 0.3) is 15.0 Å². The molecule has 0 aliphatic rings. The first-order chi connectivity index (χ1) is 7.81. The largest absolute Gasteiger partial charge is 0.464 e. The van der Waals surface area contributed by atoms with Gasteiger partial charge in [-0.25, -0.2) is 9.78 Å². The fraction of sp³-hybridized carbons (Fsp3) is 0.0909. The van der Waals surface area contributed by atoms with Crippen molar-refractivity contribution >= 4 is 32.4 Å². The number of benzene rings is 1. The van der Waals surface area contributed by atoms with Crippen molar-refractivity contribution in [1.29, 1.82) is 0 Å². The van der Waals surface area contributed by atoms with Crippen LogP contribution < -0.4 is 0 Å². The maximum Gasteiger partial charge on any atom is 0.359 e. The van der Waals surface area contributed by atoms with Gasteiger partial charge in [-0.05, 0) is 12.1 Å². The number of aromatic nitrogens is 2. The molecule has 80 valence electrons. The zero-order valence-corrected chi connectivity index (χ0v) is 9.32. The van der Waals surface area contributed by atoms with Gasteiger partial charge in [0.1, 0.15) is 11.2 Å². The summed E-state index contributed by atoms with van der Waals surface area (Å²) in [6.07, 6.45) is 1.65. The molecule has 3 aromatic rings. The number of nitrogens with zero attached hydrogens (tertiary/aromatic N) is 2. The average Bonchev–Trinajstić information content (AvgIpc) is 2.86. The first kappa shape index (κ1) is 9.35. The number of imidazole rings is 1. The lowest BCUT2D eigenvalue weighted by atomic mass is 10.3. The Bertz CT molecular complexity index is 683. The Morgan fingerprint density at radius 3 is 3.06 bits per heavy atom. The molecule has 0 radical (unpaired) electrons. The lowest BCUT2D eigenvalue weighted by Crippen LogP contribution is -2.01. The molecule has 0 aliphatic heterocycles. The molecule has 0 atom stereocenters. The molecule has 0 saturated carbocycles. The van der Waals surface area contributed by atoms with Crippen LogP contribution in [-0.2, 0) is 4.74 Å². The standard InChI is InChI=1S/C11H8N2O2S/c1-15-11(14)9-10-13(6-12-9)7-4-2-3-5-8(7)16-10/h2-6H,1H3. The van der Waals surface area contributed by atoms with Gasteiger partial charge in [-0.3, -0.25) is 4.40 Å². The maximum absolute atomic E-state index is 11.5. The average molecular weight is 232 g/mol. The molecule has 3 rings (SSSR count). The van der Waals surface area contributed by atoms with Crippen molar-refractivity contribution in [2.75, 3.05) is 7.11 Å². The van der Waals surface area contributed by atoms with E-state index in [0.29, 0.717) is 5.69 Å². The smallest absolute Gasteiger partial charge is 0.359 e. The number of esters is 1. The van der Waals surface area contributed by atoms with E-state index in [1.54, 1.807) is 6.33 Å². The van der Waals surface area contributed by atoms with Crippen LogP contribution in [0.2, 0.25) is 0 Å². The number of hydrogen-bond acceptors (Lipinski definition) is 4. The highest BCUT2D eigenvalue weighted by molar-refractivity contribution is 7.24. The summed E-state index contributed by atoms with van der Waals surface area (Å²) in [5, 5.41) is 0. The quantitative estimate of drug-likeness (QED) is 0.605. The summed E-state index contributed by atoms with van der Waals surface area (Å²) in [6.45, 7) is 0. The highest BCUT2D eigenvalue weighted by atomic mass is 32.1. The summed E-state index contributed by atoms with van der Waals surface area (Å²) in [7, 11) is 1.36. The van der Waals surface area contributed by atoms with Crippen LogP contribution in [-0.4, -0.2) is 22.5 Å². The number of methoxy groups -OCH3 is 1. The van der Waals surface area contributed by atoms with Crippen LogP contribution in [0.4, 0.5) is 0 Å². The third kappa shape index (κ3) is 1.15. The van der Waals surface area contributed by atoms with Crippen LogP contribution in [0.15, 0.2) is 30.6 Å². The summed E-state index contributed by atoms with van der Waals surface area (Å²) in [4.78, 5) is 16.4. The van der Waals surface area contributed by atoms with E-state index >= 15 is 0 Å². The van der Waals surface area contributed by atoms with Gasteiger partial charge >= 0.3 is 5.97 Å². The van der Waals surface area contributed by atoms with Crippen LogP contribution in [0.5, 0.6) is 0 Å². The van der Waals surface area contributed by atoms with E-state index in [1.807, 2.05) is 28.7 Å². The van der Waals surface area contributed by atoms with E-state index in [0.717, 1.165) is 15.0 Å². The van der Waals surface area contributed by atoms with E-state index in [1.165, 1.54) is 18.4 Å². The minimum atomic E-state index is -0.394. The summed E-state index contributed by atoms with van der Waals surface area (Å²) >= 11 is 1.54. The van der Waals surface area contributed by atoms with Crippen molar-refractivity contribution in [2.45, 2.75) is 0 Å². The molecule has 0 fully saturated rings. The number of carbonyl (C=O) groups is 1.